The van der Waals surface area contributed by atoms with Crippen LogP contribution < -0.4 is 10.9 Å². The van der Waals surface area contributed by atoms with E-state index in [1.165, 1.54) is 0 Å². The van der Waals surface area contributed by atoms with E-state index >= 15 is 0 Å². The van der Waals surface area contributed by atoms with E-state index in [0.29, 0.717) is 29.1 Å². The fourth-order valence-corrected chi connectivity index (χ4v) is 4.63. The number of aromatic nitrogens is 5. The topological polar surface area (TPSA) is 88.5 Å². The van der Waals surface area contributed by atoms with E-state index in [1.54, 1.807) is 12.4 Å². The molecule has 2 N–H and O–H groups in total. The van der Waals surface area contributed by atoms with E-state index in [2.05, 4.69) is 44.7 Å². The zero-order chi connectivity index (χ0) is 20.7. The van der Waals surface area contributed by atoms with Gasteiger partial charge in [0.1, 0.15) is 18.3 Å². The van der Waals surface area contributed by atoms with Crippen LogP contribution in [0, 0.1) is 0 Å². The van der Waals surface area contributed by atoms with Gasteiger partial charge in [-0.25, -0.2) is 19.2 Å². The van der Waals surface area contributed by atoms with Crippen LogP contribution in [-0.4, -0.2) is 37.7 Å². The highest BCUT2D eigenvalue weighted by Gasteiger charge is 2.39. The maximum atomic E-state index is 14.4. The first-order chi connectivity index (χ1) is 14.7. The number of halogens is 1. The molecule has 154 valence electrons. The van der Waals surface area contributed by atoms with Gasteiger partial charge >= 0.3 is 0 Å². The van der Waals surface area contributed by atoms with Gasteiger partial charge in [-0.15, -0.1) is 0 Å². The van der Waals surface area contributed by atoms with Crippen LogP contribution >= 0.6 is 0 Å². The third-order valence-corrected chi connectivity index (χ3v) is 5.92. The fraction of sp³-hybridized carbons (Fsp3) is 0.364. The van der Waals surface area contributed by atoms with Crippen molar-refractivity contribution in [1.29, 1.82) is 0 Å². The molecule has 3 unspecified atom stereocenters. The molecule has 1 aliphatic carbocycles. The molecule has 3 heterocycles. The molecule has 30 heavy (non-hydrogen) atoms. The molecule has 0 saturated carbocycles. The summed E-state index contributed by atoms with van der Waals surface area (Å²) in [5, 5.41) is 14.9. The normalized spacial score (nSPS) is 22.6. The van der Waals surface area contributed by atoms with Crippen molar-refractivity contribution in [3.05, 3.63) is 81.3 Å². The lowest BCUT2D eigenvalue weighted by Crippen LogP contribution is -2.28. The van der Waals surface area contributed by atoms with E-state index in [4.69, 9.17) is 0 Å². The Bertz CT molecular complexity index is 1150. The van der Waals surface area contributed by atoms with Gasteiger partial charge < -0.3 is 5.32 Å². The summed E-state index contributed by atoms with van der Waals surface area (Å²) in [4.78, 5) is 17.1. The van der Waals surface area contributed by atoms with E-state index in [0.717, 1.165) is 24.4 Å². The SMILES string of the molecule is CCCn1ncnc1C1c2n[nH]c(=O)c3c2C(=CC(F)C3)NCC1c1ccccc1. The molecule has 7 nitrogen and oxygen atoms in total. The molecule has 3 aromatic rings. The Kier molecular flexibility index (Phi) is 4.69. The fourth-order valence-electron chi connectivity index (χ4n) is 4.63. The second kappa shape index (κ2) is 7.51. The molecule has 1 aromatic carbocycles. The van der Waals surface area contributed by atoms with Crippen LogP contribution in [0.2, 0.25) is 0 Å². The molecule has 8 heteroatoms. The first-order valence-corrected chi connectivity index (χ1v) is 10.3. The van der Waals surface area contributed by atoms with E-state index < -0.39 is 6.17 Å². The quantitative estimate of drug-likeness (QED) is 0.695. The Balaban J connectivity index is 1.77. The van der Waals surface area contributed by atoms with Gasteiger partial charge in [-0.2, -0.15) is 10.2 Å². The number of allylic oxidation sites excluding steroid dienone is 1. The Morgan fingerprint density at radius 2 is 2.10 bits per heavy atom. The highest BCUT2D eigenvalue weighted by atomic mass is 19.1. The number of benzene rings is 1. The number of H-pyrrole nitrogens is 1. The zero-order valence-corrected chi connectivity index (χ0v) is 16.7. The van der Waals surface area contributed by atoms with Crippen LogP contribution in [0.4, 0.5) is 4.39 Å². The van der Waals surface area contributed by atoms with Gasteiger partial charge in [0.2, 0.25) is 0 Å². The van der Waals surface area contributed by atoms with Crippen LogP contribution in [0.25, 0.3) is 5.70 Å². The summed E-state index contributed by atoms with van der Waals surface area (Å²) < 4.78 is 16.3. The average molecular weight is 406 g/mol. The van der Waals surface area contributed by atoms with Crippen molar-refractivity contribution in [3.8, 4) is 0 Å². The molecular weight excluding hydrogens is 383 g/mol. The molecule has 0 spiro atoms. The second-order valence-electron chi connectivity index (χ2n) is 7.81. The van der Waals surface area contributed by atoms with Crippen LogP contribution in [0.1, 0.15) is 53.4 Å². The molecule has 2 aromatic heterocycles. The summed E-state index contributed by atoms with van der Waals surface area (Å²) in [5.74, 6) is 0.553. The Morgan fingerprint density at radius 3 is 2.90 bits per heavy atom. The van der Waals surface area contributed by atoms with Crippen molar-refractivity contribution in [3.63, 3.8) is 0 Å². The number of aromatic amines is 1. The van der Waals surface area contributed by atoms with Crippen LogP contribution in [0.5, 0.6) is 0 Å². The summed E-state index contributed by atoms with van der Waals surface area (Å²) in [5.41, 5.74) is 3.30. The minimum atomic E-state index is -1.20. The van der Waals surface area contributed by atoms with Gasteiger partial charge in [-0.1, -0.05) is 37.3 Å². The lowest BCUT2D eigenvalue weighted by molar-refractivity contribution is 0.393. The highest BCUT2D eigenvalue weighted by Crippen LogP contribution is 2.43. The Hall–Kier alpha value is -3.29. The smallest absolute Gasteiger partial charge is 0.268 e. The standard InChI is InChI=1S/C22H23FN6O/c1-2-8-29-21(25-12-26-29)19-16(13-6-4-3-5-7-13)11-24-17-10-14(23)9-15-18(17)20(19)27-28-22(15)30/h3-7,10,12,14,16,19,24H,2,8-9,11H2,1H3,(H,28,30). The van der Waals surface area contributed by atoms with E-state index in [-0.39, 0.29) is 23.8 Å². The monoisotopic (exact) mass is 406 g/mol. The minimum absolute atomic E-state index is 0.0157. The first-order valence-electron chi connectivity index (χ1n) is 10.3. The third kappa shape index (κ3) is 3.03. The molecule has 1 aliphatic heterocycles. The highest BCUT2D eigenvalue weighted by molar-refractivity contribution is 5.72. The van der Waals surface area contributed by atoms with Gasteiger partial charge in [0.25, 0.3) is 5.56 Å². The Morgan fingerprint density at radius 1 is 1.27 bits per heavy atom. The first kappa shape index (κ1) is 18.7. The predicted octanol–water partition coefficient (Wildman–Crippen LogP) is 2.53. The van der Waals surface area contributed by atoms with Gasteiger partial charge in [0, 0.05) is 42.3 Å². The van der Waals surface area contributed by atoms with Gasteiger partial charge in [-0.05, 0) is 18.1 Å². The number of rotatable bonds is 4. The molecular formula is C22H23FN6O. The minimum Gasteiger partial charge on any atom is -0.384 e. The maximum absolute atomic E-state index is 14.4. The van der Waals surface area contributed by atoms with Crippen molar-refractivity contribution < 1.29 is 4.39 Å². The number of aryl methyl sites for hydroxylation is 1. The molecule has 0 fully saturated rings. The molecule has 0 bridgehead atoms. The van der Waals surface area contributed by atoms with Crippen molar-refractivity contribution in [1.82, 2.24) is 30.3 Å². The molecule has 5 rings (SSSR count). The predicted molar refractivity (Wildman–Crippen MR) is 111 cm³/mol. The summed E-state index contributed by atoms with van der Waals surface area (Å²) in [6, 6.07) is 10.2. The zero-order valence-electron chi connectivity index (χ0n) is 16.7. The maximum Gasteiger partial charge on any atom is 0.268 e. The van der Waals surface area contributed by atoms with E-state index in [9.17, 15) is 9.18 Å². The lowest BCUT2D eigenvalue weighted by atomic mass is 9.81. The number of hydrogen-bond acceptors (Lipinski definition) is 5. The van der Waals surface area contributed by atoms with Crippen LogP contribution in [0.15, 0.2) is 47.5 Å². The molecule has 3 atom stereocenters. The van der Waals surface area contributed by atoms with E-state index in [1.807, 2.05) is 22.9 Å². The third-order valence-electron chi connectivity index (χ3n) is 5.92. The summed E-state index contributed by atoms with van der Waals surface area (Å²) in [6.07, 6.45) is 2.90. The molecule has 0 radical (unpaired) electrons. The molecule has 0 saturated heterocycles. The average Bonchev–Trinajstić information content (AvgIpc) is 3.14. The van der Waals surface area contributed by atoms with Crippen molar-refractivity contribution in [2.75, 3.05) is 6.54 Å². The summed E-state index contributed by atoms with van der Waals surface area (Å²) in [7, 11) is 0. The van der Waals surface area contributed by atoms with Gasteiger partial charge in [0.05, 0.1) is 11.6 Å². The van der Waals surface area contributed by atoms with Crippen LogP contribution in [-0.2, 0) is 13.0 Å². The number of hydrogen-bond donors (Lipinski definition) is 2. The summed E-state index contributed by atoms with van der Waals surface area (Å²) in [6.45, 7) is 3.40. The number of nitrogens with one attached hydrogen (secondary N) is 2. The Labute approximate surface area is 173 Å². The summed E-state index contributed by atoms with van der Waals surface area (Å²) >= 11 is 0. The van der Waals surface area contributed by atoms with Gasteiger partial charge in [-0.3, -0.25) is 4.79 Å². The molecule has 0 amide bonds. The number of alkyl halides is 1. The van der Waals surface area contributed by atoms with Crippen molar-refractivity contribution in [2.45, 2.75) is 44.3 Å². The lowest BCUT2D eigenvalue weighted by Gasteiger charge is -2.26. The number of nitrogens with zero attached hydrogens (tertiary/aromatic N) is 4. The second-order valence-corrected chi connectivity index (χ2v) is 7.81. The van der Waals surface area contributed by atoms with Crippen molar-refractivity contribution in [2.24, 2.45) is 0 Å². The molecule has 2 aliphatic rings. The van der Waals surface area contributed by atoms with Gasteiger partial charge in [0.15, 0.2) is 0 Å². The van der Waals surface area contributed by atoms with Crippen LogP contribution in [0.3, 0.4) is 0 Å². The largest absolute Gasteiger partial charge is 0.384 e. The van der Waals surface area contributed by atoms with Crippen molar-refractivity contribution >= 4 is 5.70 Å².